The Bertz CT molecular complexity index is 171. The lowest BCUT2D eigenvalue weighted by Crippen LogP contribution is -2.32. The molecule has 1 rings (SSSR count). The molecule has 0 aromatic heterocycles. The van der Waals surface area contributed by atoms with Crippen molar-refractivity contribution in [3.05, 3.63) is 4.91 Å². The number of methoxy groups -OCH3 is 1. The van der Waals surface area contributed by atoms with Gasteiger partial charge >= 0.3 is 5.97 Å². The van der Waals surface area contributed by atoms with Crippen molar-refractivity contribution >= 4 is 5.97 Å². The van der Waals surface area contributed by atoms with Gasteiger partial charge in [0.15, 0.2) is 0 Å². The second-order valence-corrected chi connectivity index (χ2v) is 2.43. The van der Waals surface area contributed by atoms with E-state index in [-0.39, 0.29) is 5.97 Å². The number of rotatable bonds is 2. The summed E-state index contributed by atoms with van der Waals surface area (Å²) in [7, 11) is 1.31. The predicted octanol–water partition coefficient (Wildman–Crippen LogP) is 0.305. The minimum absolute atomic E-state index is 0.373. The van der Waals surface area contributed by atoms with Gasteiger partial charge in [0, 0.05) is 6.54 Å². The first kappa shape index (κ1) is 7.97. The van der Waals surface area contributed by atoms with Crippen molar-refractivity contribution in [2.45, 2.75) is 18.9 Å². The maximum absolute atomic E-state index is 10.9. The minimum atomic E-state index is -0.447. The van der Waals surface area contributed by atoms with Gasteiger partial charge in [-0.15, -0.1) is 4.91 Å². The molecular formula is C6H10N2O3. The number of esters is 1. The van der Waals surface area contributed by atoms with Gasteiger partial charge in [-0.3, -0.25) is 0 Å². The number of nitrogens with zero attached hydrogens (tertiary/aromatic N) is 2. The summed E-state index contributed by atoms with van der Waals surface area (Å²) in [5.41, 5.74) is 0. The highest BCUT2D eigenvalue weighted by Crippen LogP contribution is 2.17. The third-order valence-electron chi connectivity index (χ3n) is 1.80. The van der Waals surface area contributed by atoms with Gasteiger partial charge in [-0.1, -0.05) is 0 Å². The van der Waals surface area contributed by atoms with Crippen molar-refractivity contribution in [1.29, 1.82) is 0 Å². The summed E-state index contributed by atoms with van der Waals surface area (Å²) in [6.45, 7) is 0.559. The van der Waals surface area contributed by atoms with Gasteiger partial charge in [0.1, 0.15) is 6.04 Å². The smallest absolute Gasteiger partial charge is 0.330 e. The van der Waals surface area contributed by atoms with E-state index in [1.165, 1.54) is 12.1 Å². The van der Waals surface area contributed by atoms with E-state index in [0.717, 1.165) is 6.42 Å². The fourth-order valence-electron chi connectivity index (χ4n) is 1.22. The van der Waals surface area contributed by atoms with Crippen LogP contribution in [0, 0.1) is 4.91 Å². The zero-order valence-electron chi connectivity index (χ0n) is 6.32. The first-order chi connectivity index (χ1) is 5.29. The molecule has 1 fully saturated rings. The maximum atomic E-state index is 10.9. The van der Waals surface area contributed by atoms with Crippen LogP contribution in [-0.2, 0) is 9.53 Å². The van der Waals surface area contributed by atoms with Gasteiger partial charge in [-0.2, -0.15) is 0 Å². The van der Waals surface area contributed by atoms with Crippen molar-refractivity contribution in [1.82, 2.24) is 5.01 Å². The lowest BCUT2D eigenvalue weighted by atomic mass is 10.2. The van der Waals surface area contributed by atoms with Gasteiger partial charge in [0.25, 0.3) is 0 Å². The highest BCUT2D eigenvalue weighted by atomic mass is 16.5. The first-order valence-corrected chi connectivity index (χ1v) is 3.47. The van der Waals surface area contributed by atoms with Crippen molar-refractivity contribution in [2.75, 3.05) is 13.7 Å². The molecule has 1 saturated heterocycles. The summed E-state index contributed by atoms with van der Waals surface area (Å²) in [6, 6.07) is -0.447. The van der Waals surface area contributed by atoms with E-state index < -0.39 is 6.04 Å². The Morgan fingerprint density at radius 1 is 1.73 bits per heavy atom. The third kappa shape index (κ3) is 1.47. The second-order valence-electron chi connectivity index (χ2n) is 2.43. The van der Waals surface area contributed by atoms with Crippen LogP contribution < -0.4 is 0 Å². The Morgan fingerprint density at radius 2 is 2.45 bits per heavy atom. The lowest BCUT2D eigenvalue weighted by Gasteiger charge is -2.14. The molecule has 0 aromatic carbocycles. The molecule has 0 amide bonds. The van der Waals surface area contributed by atoms with E-state index in [1.54, 1.807) is 0 Å². The number of hydrogen-bond donors (Lipinski definition) is 0. The molecule has 1 aliphatic rings. The van der Waals surface area contributed by atoms with Gasteiger partial charge in [0.2, 0.25) is 0 Å². The minimum Gasteiger partial charge on any atom is -0.467 e. The molecule has 0 aromatic rings. The summed E-state index contributed by atoms with van der Waals surface area (Å²) < 4.78 is 4.49. The molecule has 5 heteroatoms. The summed E-state index contributed by atoms with van der Waals surface area (Å²) in [5, 5.41) is 3.95. The molecule has 62 valence electrons. The Kier molecular flexibility index (Phi) is 2.40. The number of ether oxygens (including phenoxy) is 1. The molecule has 1 aliphatic heterocycles. The monoisotopic (exact) mass is 158 g/mol. The SMILES string of the molecule is COC(=O)[C@@H]1CCCN1N=O. The molecule has 0 bridgehead atoms. The molecule has 0 unspecified atom stereocenters. The quantitative estimate of drug-likeness (QED) is 0.428. The van der Waals surface area contributed by atoms with Crippen LogP contribution in [-0.4, -0.2) is 30.7 Å². The fourth-order valence-corrected chi connectivity index (χ4v) is 1.22. The van der Waals surface area contributed by atoms with Crippen LogP contribution in [0.4, 0.5) is 0 Å². The van der Waals surface area contributed by atoms with Crippen LogP contribution in [0.2, 0.25) is 0 Å². The van der Waals surface area contributed by atoms with Gasteiger partial charge < -0.3 is 4.74 Å². The molecule has 0 aliphatic carbocycles. The highest BCUT2D eigenvalue weighted by molar-refractivity contribution is 5.75. The Hall–Kier alpha value is -1.13. The fraction of sp³-hybridized carbons (Fsp3) is 0.833. The van der Waals surface area contributed by atoms with E-state index in [9.17, 15) is 9.70 Å². The third-order valence-corrected chi connectivity index (χ3v) is 1.80. The van der Waals surface area contributed by atoms with Crippen molar-refractivity contribution in [3.8, 4) is 0 Å². The molecule has 1 heterocycles. The summed E-state index contributed by atoms with van der Waals surface area (Å²) in [5.74, 6) is -0.373. The van der Waals surface area contributed by atoms with E-state index >= 15 is 0 Å². The topological polar surface area (TPSA) is 59.0 Å². The van der Waals surface area contributed by atoms with Gasteiger partial charge in [0.05, 0.1) is 12.4 Å². The molecule has 1 atom stereocenters. The van der Waals surface area contributed by atoms with Crippen LogP contribution in [0.1, 0.15) is 12.8 Å². The zero-order chi connectivity index (χ0) is 8.27. The van der Waals surface area contributed by atoms with Crippen LogP contribution in [0.15, 0.2) is 5.29 Å². The number of carbonyl (C=O) groups excluding carboxylic acids is 1. The van der Waals surface area contributed by atoms with Crippen molar-refractivity contribution in [3.63, 3.8) is 0 Å². The van der Waals surface area contributed by atoms with Crippen molar-refractivity contribution < 1.29 is 9.53 Å². The average Bonchev–Trinajstić information content (AvgIpc) is 2.50. The van der Waals surface area contributed by atoms with E-state index in [1.807, 2.05) is 0 Å². The van der Waals surface area contributed by atoms with E-state index in [0.29, 0.717) is 13.0 Å². The molecule has 5 nitrogen and oxygen atoms in total. The molecule has 0 spiro atoms. The van der Waals surface area contributed by atoms with Crippen molar-refractivity contribution in [2.24, 2.45) is 5.29 Å². The summed E-state index contributed by atoms with van der Waals surface area (Å²) in [4.78, 5) is 21.0. The first-order valence-electron chi connectivity index (χ1n) is 3.47. The number of hydrogen-bond acceptors (Lipinski definition) is 4. The van der Waals surface area contributed by atoms with Gasteiger partial charge in [-0.05, 0) is 12.8 Å². The van der Waals surface area contributed by atoms with E-state index in [2.05, 4.69) is 10.0 Å². The van der Waals surface area contributed by atoms with Crippen LogP contribution in [0.3, 0.4) is 0 Å². The molecular weight excluding hydrogens is 148 g/mol. The molecule has 0 N–H and O–H groups in total. The molecule has 0 radical (unpaired) electrons. The molecule has 11 heavy (non-hydrogen) atoms. The average molecular weight is 158 g/mol. The predicted molar refractivity (Wildman–Crippen MR) is 37.5 cm³/mol. The largest absolute Gasteiger partial charge is 0.467 e. The Balaban J connectivity index is 2.56. The number of nitroso groups, excluding NO2 is 1. The maximum Gasteiger partial charge on any atom is 0.330 e. The highest BCUT2D eigenvalue weighted by Gasteiger charge is 2.31. The molecule has 0 saturated carbocycles. The number of carbonyl (C=O) groups is 1. The lowest BCUT2D eigenvalue weighted by molar-refractivity contribution is -0.145. The Labute approximate surface area is 64.3 Å². The van der Waals surface area contributed by atoms with Gasteiger partial charge in [-0.25, -0.2) is 9.80 Å². The second kappa shape index (κ2) is 3.32. The van der Waals surface area contributed by atoms with Crippen LogP contribution >= 0.6 is 0 Å². The normalized spacial score (nSPS) is 23.4. The Morgan fingerprint density at radius 3 is 3.00 bits per heavy atom. The summed E-state index contributed by atoms with van der Waals surface area (Å²) in [6.07, 6.45) is 1.49. The zero-order valence-corrected chi connectivity index (χ0v) is 6.32. The van der Waals surface area contributed by atoms with Crippen LogP contribution in [0.5, 0.6) is 0 Å². The summed E-state index contributed by atoms with van der Waals surface area (Å²) >= 11 is 0. The van der Waals surface area contributed by atoms with E-state index in [4.69, 9.17) is 0 Å². The van der Waals surface area contributed by atoms with Crippen LogP contribution in [0.25, 0.3) is 0 Å². The standard InChI is InChI=1S/C6H10N2O3/c1-11-6(9)5-3-2-4-8(5)7-10/h5H,2-4H2,1H3/t5-/m0/s1.